The van der Waals surface area contributed by atoms with Crippen LogP contribution in [-0.4, -0.2) is 24.0 Å². The Morgan fingerprint density at radius 3 is 2.24 bits per heavy atom. The van der Waals surface area contributed by atoms with Gasteiger partial charge in [0.05, 0.1) is 6.04 Å². The Morgan fingerprint density at radius 2 is 1.76 bits per heavy atom. The van der Waals surface area contributed by atoms with E-state index in [1.807, 2.05) is 0 Å². The summed E-state index contributed by atoms with van der Waals surface area (Å²) in [5.41, 5.74) is 6.04. The molecule has 0 spiro atoms. The Bertz CT molecular complexity index is 436. The van der Waals surface area contributed by atoms with E-state index in [4.69, 9.17) is 5.73 Å². The van der Waals surface area contributed by atoms with Gasteiger partial charge in [-0.2, -0.15) is 0 Å². The van der Waals surface area contributed by atoms with Crippen LogP contribution in [0.1, 0.15) is 51.1 Å². The number of nitrogens with two attached hydrogens (primary N) is 1. The molecule has 0 aliphatic heterocycles. The number of rotatable bonds is 6. The lowest BCUT2D eigenvalue weighted by atomic mass is 9.99. The van der Waals surface area contributed by atoms with Crippen molar-refractivity contribution in [3.8, 4) is 0 Å². The van der Waals surface area contributed by atoms with Crippen molar-refractivity contribution in [2.45, 2.75) is 51.6 Å². The lowest BCUT2D eigenvalue weighted by Gasteiger charge is -2.37. The van der Waals surface area contributed by atoms with Gasteiger partial charge in [0.15, 0.2) is 0 Å². The highest BCUT2D eigenvalue weighted by atomic mass is 19.1. The second-order valence-corrected chi connectivity index (χ2v) is 6.42. The van der Waals surface area contributed by atoms with Crippen LogP contribution in [0.25, 0.3) is 0 Å². The molecular weight excluding hydrogens is 270 g/mol. The molecule has 2 N–H and O–H groups in total. The highest BCUT2D eigenvalue weighted by Crippen LogP contribution is 2.33. The number of benzene rings is 1. The normalized spacial score (nSPS) is 17.9. The Morgan fingerprint density at radius 1 is 1.19 bits per heavy atom. The fourth-order valence-corrected chi connectivity index (χ4v) is 3.44. The first-order chi connectivity index (χ1) is 10.0. The third-order valence-corrected chi connectivity index (χ3v) is 4.33. The van der Waals surface area contributed by atoms with Crippen molar-refractivity contribution >= 4 is 0 Å². The standard InChI is InChI=1S/C17H26F2N2/c1-12(2)11-21(13-6-3-4-7-13)16(10-20)17-14(18)8-5-9-15(17)19/h5,8-9,12-13,16H,3-4,6-7,10-11,20H2,1-2H3. The van der Waals surface area contributed by atoms with E-state index in [1.165, 1.54) is 31.0 Å². The lowest BCUT2D eigenvalue weighted by Crippen LogP contribution is -2.43. The molecule has 0 amide bonds. The van der Waals surface area contributed by atoms with Gasteiger partial charge in [-0.25, -0.2) is 8.78 Å². The highest BCUT2D eigenvalue weighted by molar-refractivity contribution is 5.24. The molecule has 21 heavy (non-hydrogen) atoms. The Balaban J connectivity index is 2.34. The molecule has 0 saturated heterocycles. The predicted molar refractivity (Wildman–Crippen MR) is 82.0 cm³/mol. The average molecular weight is 296 g/mol. The molecule has 1 atom stereocenters. The molecule has 2 rings (SSSR count). The minimum absolute atomic E-state index is 0.132. The molecule has 1 unspecified atom stereocenters. The molecule has 1 aromatic carbocycles. The van der Waals surface area contributed by atoms with E-state index >= 15 is 0 Å². The smallest absolute Gasteiger partial charge is 0.130 e. The van der Waals surface area contributed by atoms with Crippen LogP contribution in [0.2, 0.25) is 0 Å². The van der Waals surface area contributed by atoms with Crippen LogP contribution in [0.5, 0.6) is 0 Å². The van der Waals surface area contributed by atoms with Crippen LogP contribution < -0.4 is 5.73 Å². The molecule has 4 heteroatoms. The summed E-state index contributed by atoms with van der Waals surface area (Å²) in [6, 6.07) is 4.06. The van der Waals surface area contributed by atoms with Crippen LogP contribution in [0, 0.1) is 17.6 Å². The average Bonchev–Trinajstić information content (AvgIpc) is 2.94. The summed E-state index contributed by atoms with van der Waals surface area (Å²) in [7, 11) is 0. The third kappa shape index (κ3) is 3.80. The van der Waals surface area contributed by atoms with E-state index in [0.717, 1.165) is 19.4 Å². The molecule has 0 heterocycles. The van der Waals surface area contributed by atoms with Crippen molar-refractivity contribution in [1.82, 2.24) is 4.90 Å². The summed E-state index contributed by atoms with van der Waals surface area (Å²) in [5.74, 6) is -0.538. The van der Waals surface area contributed by atoms with Gasteiger partial charge < -0.3 is 5.73 Å². The monoisotopic (exact) mass is 296 g/mol. The van der Waals surface area contributed by atoms with Crippen LogP contribution in [-0.2, 0) is 0 Å². The van der Waals surface area contributed by atoms with Crippen molar-refractivity contribution in [3.05, 3.63) is 35.4 Å². The maximum atomic E-state index is 14.2. The molecule has 0 radical (unpaired) electrons. The summed E-state index contributed by atoms with van der Waals surface area (Å²) < 4.78 is 28.3. The highest BCUT2D eigenvalue weighted by Gasteiger charge is 2.32. The number of halogens is 2. The summed E-state index contributed by atoms with van der Waals surface area (Å²) in [6.45, 7) is 5.32. The fourth-order valence-electron chi connectivity index (χ4n) is 3.44. The van der Waals surface area contributed by atoms with Gasteiger partial charge in [0.1, 0.15) is 11.6 Å². The number of hydrogen-bond acceptors (Lipinski definition) is 2. The van der Waals surface area contributed by atoms with E-state index in [1.54, 1.807) is 0 Å². The largest absolute Gasteiger partial charge is 0.329 e. The fraction of sp³-hybridized carbons (Fsp3) is 0.647. The first kappa shape index (κ1) is 16.4. The van der Waals surface area contributed by atoms with Crippen LogP contribution in [0.3, 0.4) is 0 Å². The van der Waals surface area contributed by atoms with Crippen molar-refractivity contribution in [1.29, 1.82) is 0 Å². The van der Waals surface area contributed by atoms with E-state index in [2.05, 4.69) is 18.7 Å². The predicted octanol–water partition coefficient (Wildman–Crippen LogP) is 3.87. The lowest BCUT2D eigenvalue weighted by molar-refractivity contribution is 0.116. The SMILES string of the molecule is CC(C)CN(C1CCCC1)C(CN)c1c(F)cccc1F. The minimum atomic E-state index is -0.489. The van der Waals surface area contributed by atoms with E-state index in [0.29, 0.717) is 12.0 Å². The first-order valence-corrected chi connectivity index (χ1v) is 7.94. The molecule has 1 saturated carbocycles. The molecule has 1 aliphatic carbocycles. The Labute approximate surface area is 126 Å². The maximum Gasteiger partial charge on any atom is 0.130 e. The van der Waals surface area contributed by atoms with Gasteiger partial charge in [-0.05, 0) is 30.9 Å². The zero-order chi connectivity index (χ0) is 15.4. The molecule has 2 nitrogen and oxygen atoms in total. The van der Waals surface area contributed by atoms with Gasteiger partial charge in [0, 0.05) is 24.7 Å². The summed E-state index contributed by atoms with van der Waals surface area (Å²) >= 11 is 0. The quantitative estimate of drug-likeness (QED) is 0.863. The number of nitrogens with zero attached hydrogens (tertiary/aromatic N) is 1. The van der Waals surface area contributed by atoms with Gasteiger partial charge >= 0.3 is 0 Å². The number of hydrogen-bond donors (Lipinski definition) is 1. The summed E-state index contributed by atoms with van der Waals surface area (Å²) in [5, 5.41) is 0. The van der Waals surface area contributed by atoms with Crippen molar-refractivity contribution in [2.75, 3.05) is 13.1 Å². The van der Waals surface area contributed by atoms with Gasteiger partial charge in [-0.3, -0.25) is 4.90 Å². The minimum Gasteiger partial charge on any atom is -0.329 e. The Hall–Kier alpha value is -1.00. The second-order valence-electron chi connectivity index (χ2n) is 6.42. The van der Waals surface area contributed by atoms with Gasteiger partial charge in [0.25, 0.3) is 0 Å². The molecule has 118 valence electrons. The van der Waals surface area contributed by atoms with Crippen LogP contribution in [0.4, 0.5) is 8.78 Å². The van der Waals surface area contributed by atoms with Gasteiger partial charge in [-0.1, -0.05) is 32.8 Å². The summed E-state index contributed by atoms with van der Waals surface area (Å²) in [4.78, 5) is 2.24. The molecule has 1 fully saturated rings. The molecule has 1 aliphatic rings. The van der Waals surface area contributed by atoms with Crippen LogP contribution >= 0.6 is 0 Å². The Kier molecular flexibility index (Phi) is 5.71. The van der Waals surface area contributed by atoms with E-state index in [9.17, 15) is 8.78 Å². The van der Waals surface area contributed by atoms with Crippen molar-refractivity contribution in [3.63, 3.8) is 0 Å². The third-order valence-electron chi connectivity index (χ3n) is 4.33. The van der Waals surface area contributed by atoms with E-state index < -0.39 is 11.6 Å². The zero-order valence-electron chi connectivity index (χ0n) is 13.0. The molecule has 1 aromatic rings. The van der Waals surface area contributed by atoms with Gasteiger partial charge in [0.2, 0.25) is 0 Å². The van der Waals surface area contributed by atoms with E-state index in [-0.39, 0.29) is 18.2 Å². The van der Waals surface area contributed by atoms with Crippen molar-refractivity contribution in [2.24, 2.45) is 11.7 Å². The molecular formula is C17H26F2N2. The van der Waals surface area contributed by atoms with Gasteiger partial charge in [-0.15, -0.1) is 0 Å². The molecule has 0 aromatic heterocycles. The first-order valence-electron chi connectivity index (χ1n) is 7.94. The topological polar surface area (TPSA) is 29.3 Å². The zero-order valence-corrected chi connectivity index (χ0v) is 13.0. The second kappa shape index (κ2) is 7.32. The molecule has 0 bridgehead atoms. The summed E-state index contributed by atoms with van der Waals surface area (Å²) in [6.07, 6.45) is 4.57. The van der Waals surface area contributed by atoms with Crippen LogP contribution in [0.15, 0.2) is 18.2 Å². The maximum absolute atomic E-state index is 14.2. The van der Waals surface area contributed by atoms with Crippen molar-refractivity contribution < 1.29 is 8.78 Å².